The zero-order valence-corrected chi connectivity index (χ0v) is 12.0. The van der Waals surface area contributed by atoms with Crippen molar-refractivity contribution in [2.45, 2.75) is 39.0 Å². The van der Waals surface area contributed by atoms with E-state index in [0.717, 1.165) is 6.54 Å². The highest BCUT2D eigenvalue weighted by Crippen LogP contribution is 2.24. The van der Waals surface area contributed by atoms with E-state index in [1.54, 1.807) is 0 Å². The minimum Gasteiger partial charge on any atom is -0.299 e. The van der Waals surface area contributed by atoms with Crippen LogP contribution in [0.2, 0.25) is 0 Å². The van der Waals surface area contributed by atoms with E-state index in [9.17, 15) is 0 Å². The summed E-state index contributed by atoms with van der Waals surface area (Å²) in [6.45, 7) is 14.5. The quantitative estimate of drug-likeness (QED) is 0.773. The lowest BCUT2D eigenvalue weighted by Crippen LogP contribution is -2.21. The van der Waals surface area contributed by atoms with Crippen LogP contribution < -0.4 is 0 Å². The molecule has 1 aliphatic heterocycles. The Morgan fingerprint density at radius 1 is 1.11 bits per heavy atom. The summed E-state index contributed by atoms with van der Waals surface area (Å²) < 4.78 is 0. The maximum absolute atomic E-state index is 4.24. The normalized spacial score (nSPS) is 17.1. The van der Waals surface area contributed by atoms with E-state index in [0.29, 0.717) is 0 Å². The number of hydrogen-bond acceptors (Lipinski definition) is 1. The fourth-order valence-electron chi connectivity index (χ4n) is 2.51. The van der Waals surface area contributed by atoms with Crippen molar-refractivity contribution in [2.24, 2.45) is 0 Å². The van der Waals surface area contributed by atoms with Crippen molar-refractivity contribution in [1.82, 2.24) is 4.90 Å². The second-order valence-corrected chi connectivity index (χ2v) is 6.41. The molecule has 0 saturated carbocycles. The summed E-state index contributed by atoms with van der Waals surface area (Å²) >= 11 is 0. The van der Waals surface area contributed by atoms with Gasteiger partial charge < -0.3 is 0 Å². The van der Waals surface area contributed by atoms with Crippen molar-refractivity contribution in [3.8, 4) is 0 Å². The monoisotopic (exact) mass is 243 g/mol. The first-order valence-electron chi connectivity index (χ1n) is 6.98. The second-order valence-electron chi connectivity index (χ2n) is 6.41. The molecule has 0 amide bonds. The molecule has 0 unspecified atom stereocenters. The van der Waals surface area contributed by atoms with Gasteiger partial charge in [0, 0.05) is 6.54 Å². The van der Waals surface area contributed by atoms with Crippen LogP contribution in [0.4, 0.5) is 0 Å². The average molecular weight is 243 g/mol. The Kier molecular flexibility index (Phi) is 3.91. The van der Waals surface area contributed by atoms with Crippen LogP contribution in [0.1, 0.15) is 44.7 Å². The van der Waals surface area contributed by atoms with Gasteiger partial charge in [-0.25, -0.2) is 0 Å². The van der Waals surface area contributed by atoms with Gasteiger partial charge in [0.1, 0.15) is 0 Å². The number of rotatable bonds is 3. The average Bonchev–Trinajstić information content (AvgIpc) is 2.81. The molecule has 0 spiro atoms. The van der Waals surface area contributed by atoms with Crippen LogP contribution in [0.15, 0.2) is 30.8 Å². The molecule has 1 saturated heterocycles. The zero-order valence-electron chi connectivity index (χ0n) is 12.0. The van der Waals surface area contributed by atoms with Crippen LogP contribution in [-0.2, 0) is 5.41 Å². The van der Waals surface area contributed by atoms with Gasteiger partial charge in [0.25, 0.3) is 0 Å². The van der Waals surface area contributed by atoms with E-state index in [-0.39, 0.29) is 5.41 Å². The number of likely N-dealkylation sites (tertiary alicyclic amines) is 1. The van der Waals surface area contributed by atoms with Crippen LogP contribution in [0.3, 0.4) is 0 Å². The molecule has 18 heavy (non-hydrogen) atoms. The smallest absolute Gasteiger partial charge is 0.0233 e. The molecule has 98 valence electrons. The molecule has 0 bridgehead atoms. The number of hydrogen-bond donors (Lipinski definition) is 0. The fraction of sp³-hybridized carbons (Fsp3) is 0.529. The summed E-state index contributed by atoms with van der Waals surface area (Å²) in [7, 11) is 0. The van der Waals surface area contributed by atoms with Gasteiger partial charge in [0.15, 0.2) is 0 Å². The Bertz CT molecular complexity index is 402. The summed E-state index contributed by atoms with van der Waals surface area (Å²) in [5, 5.41) is 0. The SMILES string of the molecule is C=C(CN1CCCC1)c1ccc(C(C)(C)C)cc1. The minimum absolute atomic E-state index is 0.231. The second kappa shape index (κ2) is 5.27. The number of nitrogens with zero attached hydrogens (tertiary/aromatic N) is 1. The molecule has 1 aromatic carbocycles. The van der Waals surface area contributed by atoms with Crippen molar-refractivity contribution in [3.63, 3.8) is 0 Å². The topological polar surface area (TPSA) is 3.24 Å². The predicted octanol–water partition coefficient (Wildman–Crippen LogP) is 4.09. The molecule has 0 aromatic heterocycles. The van der Waals surface area contributed by atoms with Crippen molar-refractivity contribution in [2.75, 3.05) is 19.6 Å². The van der Waals surface area contributed by atoms with Gasteiger partial charge in [-0.15, -0.1) is 0 Å². The van der Waals surface area contributed by atoms with Gasteiger partial charge >= 0.3 is 0 Å². The first-order valence-corrected chi connectivity index (χ1v) is 6.98. The van der Waals surface area contributed by atoms with Crippen molar-refractivity contribution in [3.05, 3.63) is 42.0 Å². The zero-order chi connectivity index (χ0) is 13.2. The first kappa shape index (κ1) is 13.4. The molecule has 2 rings (SSSR count). The molecule has 0 N–H and O–H groups in total. The molecule has 1 aliphatic rings. The molecule has 0 atom stereocenters. The van der Waals surface area contributed by atoms with Crippen LogP contribution in [-0.4, -0.2) is 24.5 Å². The maximum atomic E-state index is 4.24. The summed E-state index contributed by atoms with van der Waals surface area (Å²) in [6.07, 6.45) is 2.69. The third-order valence-electron chi connectivity index (χ3n) is 3.77. The molecular formula is C17H25N. The fourth-order valence-corrected chi connectivity index (χ4v) is 2.51. The Morgan fingerprint density at radius 2 is 1.67 bits per heavy atom. The van der Waals surface area contributed by atoms with Gasteiger partial charge in [-0.05, 0) is 48.0 Å². The third kappa shape index (κ3) is 3.23. The summed E-state index contributed by atoms with van der Waals surface area (Å²) in [6, 6.07) is 8.92. The molecular weight excluding hydrogens is 218 g/mol. The van der Waals surface area contributed by atoms with E-state index in [1.807, 2.05) is 0 Å². The molecule has 1 heterocycles. The number of benzene rings is 1. The predicted molar refractivity (Wildman–Crippen MR) is 79.9 cm³/mol. The van der Waals surface area contributed by atoms with E-state index in [2.05, 4.69) is 56.5 Å². The minimum atomic E-state index is 0.231. The lowest BCUT2D eigenvalue weighted by molar-refractivity contribution is 0.383. The summed E-state index contributed by atoms with van der Waals surface area (Å²) in [5.41, 5.74) is 4.15. The molecule has 0 aliphatic carbocycles. The Hall–Kier alpha value is -1.08. The summed E-state index contributed by atoms with van der Waals surface area (Å²) in [5.74, 6) is 0. The lowest BCUT2D eigenvalue weighted by Gasteiger charge is -2.20. The van der Waals surface area contributed by atoms with Crippen molar-refractivity contribution in [1.29, 1.82) is 0 Å². The molecule has 1 fully saturated rings. The van der Waals surface area contributed by atoms with Crippen LogP contribution in [0, 0.1) is 0 Å². The van der Waals surface area contributed by atoms with Crippen LogP contribution in [0.5, 0.6) is 0 Å². The Balaban J connectivity index is 2.02. The van der Waals surface area contributed by atoms with Gasteiger partial charge in [-0.2, -0.15) is 0 Å². The first-order chi connectivity index (χ1) is 8.47. The lowest BCUT2D eigenvalue weighted by atomic mass is 9.86. The third-order valence-corrected chi connectivity index (χ3v) is 3.77. The molecule has 1 aromatic rings. The van der Waals surface area contributed by atoms with Crippen LogP contribution in [0.25, 0.3) is 5.57 Å². The maximum Gasteiger partial charge on any atom is 0.0233 e. The van der Waals surface area contributed by atoms with Gasteiger partial charge in [0.05, 0.1) is 0 Å². The van der Waals surface area contributed by atoms with Crippen molar-refractivity contribution >= 4 is 5.57 Å². The van der Waals surface area contributed by atoms with Crippen LogP contribution >= 0.6 is 0 Å². The molecule has 0 radical (unpaired) electrons. The highest BCUT2D eigenvalue weighted by atomic mass is 15.1. The van der Waals surface area contributed by atoms with Crippen molar-refractivity contribution < 1.29 is 0 Å². The largest absolute Gasteiger partial charge is 0.299 e. The van der Waals surface area contributed by atoms with Gasteiger partial charge in [-0.1, -0.05) is 51.6 Å². The van der Waals surface area contributed by atoms with E-state index in [1.165, 1.54) is 42.6 Å². The highest BCUT2D eigenvalue weighted by Gasteiger charge is 2.15. The molecule has 1 nitrogen and oxygen atoms in total. The van der Waals surface area contributed by atoms with E-state index >= 15 is 0 Å². The van der Waals surface area contributed by atoms with E-state index < -0.39 is 0 Å². The highest BCUT2D eigenvalue weighted by molar-refractivity contribution is 5.65. The van der Waals surface area contributed by atoms with E-state index in [4.69, 9.17) is 0 Å². The van der Waals surface area contributed by atoms with Gasteiger partial charge in [-0.3, -0.25) is 4.90 Å². The molecule has 1 heteroatoms. The van der Waals surface area contributed by atoms with Gasteiger partial charge in [0.2, 0.25) is 0 Å². The Labute approximate surface area is 112 Å². The summed E-state index contributed by atoms with van der Waals surface area (Å²) in [4.78, 5) is 2.50. The standard InChI is InChI=1S/C17H25N/c1-14(13-18-11-5-6-12-18)15-7-9-16(10-8-15)17(2,3)4/h7-10H,1,5-6,11-13H2,2-4H3. The Morgan fingerprint density at radius 3 is 2.17 bits per heavy atom.